The Hall–Kier alpha value is 0.403. The van der Waals surface area contributed by atoms with E-state index in [0.29, 0.717) is 0 Å². The molecular weight excluding hydrogens is 138 g/mol. The molecule has 7 heteroatoms. The molecule has 0 heterocycles. The maximum absolute atomic E-state index is 8.40. The summed E-state index contributed by atoms with van der Waals surface area (Å²) < 4.78 is 16.8. The second-order valence-electron chi connectivity index (χ2n) is 0.0833. The van der Waals surface area contributed by atoms with Gasteiger partial charge in [-0.3, -0.25) is 8.92 Å². The fraction of sp³-hybridized carbons (Fsp3) is 0. The first-order chi connectivity index (χ1) is 1.41. The van der Waals surface area contributed by atoms with E-state index in [1.165, 1.54) is 0 Å². The van der Waals surface area contributed by atoms with Gasteiger partial charge in [-0.15, -0.1) is 0 Å². The van der Waals surface area contributed by atoms with Crippen LogP contribution < -0.4 is 9.41 Å². The summed E-state index contributed by atoms with van der Waals surface area (Å²) in [5, 5.41) is 0. The predicted molar refractivity (Wildman–Crippen MR) is 16.5 cm³/mol. The van der Waals surface area contributed by atoms with Crippen LogP contribution in [-0.4, -0.2) is 37.8 Å². The van der Waals surface area contributed by atoms with Crippen molar-refractivity contribution in [3.63, 3.8) is 0 Å². The van der Waals surface area contributed by atoms with Crippen LogP contribution in [-0.2, 0) is 8.92 Å². The van der Waals surface area contributed by atoms with Crippen molar-refractivity contribution in [1.82, 2.24) is 0 Å². The number of hydrogen-bond donors (Lipinski definition) is 0. The minimum Gasteiger partial charge on any atom is -1.00 e. The predicted octanol–water partition coefficient (Wildman–Crippen LogP) is -7.82. The summed E-state index contributed by atoms with van der Waals surface area (Å²) in [6.45, 7) is 0. The van der Waals surface area contributed by atoms with Crippen LogP contribution in [0.5, 0.6) is 0 Å². The van der Waals surface area contributed by atoms with Crippen molar-refractivity contribution in [2.24, 2.45) is 0 Å². The molecule has 0 fully saturated rings. The molecule has 0 aromatic rings. The first-order valence-electron chi connectivity index (χ1n) is 0.408. The zero-order valence-electron chi connectivity index (χ0n) is 3.28. The summed E-state index contributed by atoms with van der Waals surface area (Å²) in [7, 11) is -1.42. The summed E-state index contributed by atoms with van der Waals surface area (Å²) in [6, 6.07) is 0. The average Bonchev–Trinajstić information content (AvgIpc) is 0.918. The molecule has 3 nitrogen and oxygen atoms in total. The molecule has 40 valence electrons. The quantitative estimate of drug-likeness (QED) is 0.314. The number of halogens is 2. The Balaban J connectivity index is -0.00000000333. The van der Waals surface area contributed by atoms with Crippen LogP contribution in [0.4, 0.5) is 0 Å². The van der Waals surface area contributed by atoms with Crippen LogP contribution >= 0.6 is 0 Å². The van der Waals surface area contributed by atoms with Crippen molar-refractivity contribution >= 4 is 32.3 Å². The van der Waals surface area contributed by atoms with Gasteiger partial charge < -0.3 is 14.9 Å². The van der Waals surface area contributed by atoms with E-state index in [4.69, 9.17) is 8.92 Å². The van der Waals surface area contributed by atoms with Gasteiger partial charge >= 0.3 is 32.3 Å². The second-order valence-corrected chi connectivity index (χ2v) is 0.250. The van der Waals surface area contributed by atoms with Crippen molar-refractivity contribution in [3.05, 3.63) is 0 Å². The molecule has 0 rings (SSSR count). The molecule has 0 unspecified atom stereocenters. The summed E-state index contributed by atoms with van der Waals surface area (Å²) in [5.74, 6) is 0. The Kier molecular flexibility index (Phi) is 713. The maximum atomic E-state index is 8.40. The third kappa shape index (κ3) is 764. The number of hydrogen-bond acceptors (Lipinski definition) is 2. The van der Waals surface area contributed by atoms with Crippen molar-refractivity contribution in [2.75, 3.05) is 0 Å². The largest absolute Gasteiger partial charge is 2.00 e. The average molecular weight is 140 g/mol. The molecular formula is H2F2MgO3Si. The molecule has 0 aliphatic carbocycles. The van der Waals surface area contributed by atoms with Gasteiger partial charge in [-0.05, 0) is 0 Å². The number of rotatable bonds is 0. The van der Waals surface area contributed by atoms with Crippen molar-refractivity contribution in [3.8, 4) is 0 Å². The van der Waals surface area contributed by atoms with Gasteiger partial charge in [0, 0.05) is 0 Å². The first-order valence-corrected chi connectivity index (χ1v) is 1.22. The van der Waals surface area contributed by atoms with Gasteiger partial charge in [-0.1, -0.05) is 0 Å². The van der Waals surface area contributed by atoms with Crippen molar-refractivity contribution < 1.29 is 23.8 Å². The Bertz CT molecular complexity index is 33.9. The Morgan fingerprint density at radius 1 is 1.00 bits per heavy atom. The van der Waals surface area contributed by atoms with Gasteiger partial charge in [0.1, 0.15) is 0 Å². The topological polar surface area (TPSA) is 65.6 Å². The fourth-order valence-corrected chi connectivity index (χ4v) is 0. The van der Waals surface area contributed by atoms with E-state index < -0.39 is 9.29 Å². The molecule has 0 amide bonds. The summed E-state index contributed by atoms with van der Waals surface area (Å²) in [4.78, 5) is 0. The molecule has 0 saturated carbocycles. The van der Waals surface area contributed by atoms with Gasteiger partial charge in [0.25, 0.3) is 0 Å². The van der Waals surface area contributed by atoms with E-state index >= 15 is 0 Å². The molecule has 0 atom stereocenters. The zero-order valence-corrected chi connectivity index (χ0v) is 5.69. The smallest absolute Gasteiger partial charge is 1.00 e. The molecule has 2 N–H and O–H groups in total. The third-order valence-corrected chi connectivity index (χ3v) is 0. The standard InChI is InChI=1S/2FH.Mg.O2Si.H2O/c;;;1-3-2;/h2*1H;;;1H2/q;;+2;;/p-2. The minimum absolute atomic E-state index is 0. The third-order valence-electron chi connectivity index (χ3n) is 0. The van der Waals surface area contributed by atoms with Crippen LogP contribution in [0.25, 0.3) is 0 Å². The Morgan fingerprint density at radius 3 is 1.00 bits per heavy atom. The van der Waals surface area contributed by atoms with Crippen molar-refractivity contribution in [1.29, 1.82) is 0 Å². The van der Waals surface area contributed by atoms with E-state index in [1.807, 2.05) is 0 Å². The molecule has 0 saturated heterocycles. The molecule has 0 bridgehead atoms. The van der Waals surface area contributed by atoms with E-state index in [-0.39, 0.29) is 37.9 Å². The monoisotopic (exact) mass is 140 g/mol. The Labute approximate surface area is 56.6 Å². The summed E-state index contributed by atoms with van der Waals surface area (Å²) in [6.07, 6.45) is 0. The minimum atomic E-state index is -1.42. The molecule has 0 aromatic heterocycles. The van der Waals surface area contributed by atoms with E-state index in [0.717, 1.165) is 0 Å². The molecule has 0 aliphatic rings. The molecule has 0 aliphatic heterocycles. The fourth-order valence-electron chi connectivity index (χ4n) is 0. The molecule has 0 radical (unpaired) electrons. The van der Waals surface area contributed by atoms with E-state index in [9.17, 15) is 0 Å². The van der Waals surface area contributed by atoms with E-state index in [2.05, 4.69) is 0 Å². The summed E-state index contributed by atoms with van der Waals surface area (Å²) in [5.41, 5.74) is 0. The second kappa shape index (κ2) is 94.9. The van der Waals surface area contributed by atoms with Crippen LogP contribution in [0, 0.1) is 0 Å². The van der Waals surface area contributed by atoms with Crippen LogP contribution in [0.3, 0.4) is 0 Å². The molecule has 7 heavy (non-hydrogen) atoms. The van der Waals surface area contributed by atoms with Crippen LogP contribution in [0.1, 0.15) is 0 Å². The van der Waals surface area contributed by atoms with Crippen LogP contribution in [0.15, 0.2) is 0 Å². The van der Waals surface area contributed by atoms with Gasteiger partial charge in [0.15, 0.2) is 0 Å². The first kappa shape index (κ1) is 52.6. The molecule has 0 aromatic carbocycles. The maximum Gasteiger partial charge on any atom is 2.00 e. The van der Waals surface area contributed by atoms with Crippen LogP contribution in [0.2, 0.25) is 0 Å². The summed E-state index contributed by atoms with van der Waals surface area (Å²) >= 11 is 0. The zero-order chi connectivity index (χ0) is 2.71. The van der Waals surface area contributed by atoms with E-state index in [1.54, 1.807) is 0 Å². The van der Waals surface area contributed by atoms with Gasteiger partial charge in [-0.2, -0.15) is 0 Å². The van der Waals surface area contributed by atoms with Crippen molar-refractivity contribution in [2.45, 2.75) is 0 Å². The molecule has 0 spiro atoms. The SMILES string of the molecule is O.O=[Si]=O.[F-].[F-].[Mg+2]. The van der Waals surface area contributed by atoms with Gasteiger partial charge in [0.2, 0.25) is 0 Å². The Morgan fingerprint density at radius 2 is 1.00 bits per heavy atom. The van der Waals surface area contributed by atoms with Gasteiger partial charge in [-0.25, -0.2) is 0 Å². The normalized spacial score (nSPS) is 1.14. The van der Waals surface area contributed by atoms with Gasteiger partial charge in [0.05, 0.1) is 0 Å².